The van der Waals surface area contributed by atoms with Gasteiger partial charge in [-0.05, 0) is 42.7 Å². The summed E-state index contributed by atoms with van der Waals surface area (Å²) in [7, 11) is 1.70. The first-order valence-electron chi connectivity index (χ1n) is 8.84. The Morgan fingerprint density at radius 3 is 2.74 bits per heavy atom. The van der Waals surface area contributed by atoms with E-state index in [1.165, 1.54) is 0 Å². The first kappa shape index (κ1) is 19.2. The van der Waals surface area contributed by atoms with Gasteiger partial charge < -0.3 is 14.4 Å². The van der Waals surface area contributed by atoms with Gasteiger partial charge in [0.15, 0.2) is 6.61 Å². The third kappa shape index (κ3) is 4.61. The standard InChI is InChI=1S/C21H22ClNO4/c1-14(15-6-4-3-5-7-15)23(2)20(24)13-27-21(25)17-10-16-11-18(22)8-9-19(16)26-12-17/h3-9,11,14,17H,10,12-13H2,1-2H3/t14-,17-/m0/s1. The van der Waals surface area contributed by atoms with Crippen molar-refractivity contribution in [3.63, 3.8) is 0 Å². The molecule has 0 saturated heterocycles. The number of benzene rings is 2. The lowest BCUT2D eigenvalue weighted by Gasteiger charge is -2.26. The number of fused-ring (bicyclic) bond motifs is 1. The molecule has 2 atom stereocenters. The van der Waals surface area contributed by atoms with E-state index in [0.717, 1.165) is 16.9 Å². The zero-order valence-electron chi connectivity index (χ0n) is 15.4. The van der Waals surface area contributed by atoms with Crippen LogP contribution in [0.4, 0.5) is 0 Å². The molecule has 1 aliphatic heterocycles. The first-order valence-corrected chi connectivity index (χ1v) is 9.22. The van der Waals surface area contributed by atoms with Crippen LogP contribution in [-0.4, -0.2) is 37.0 Å². The maximum Gasteiger partial charge on any atom is 0.313 e. The summed E-state index contributed by atoms with van der Waals surface area (Å²) in [6.45, 7) is 1.88. The van der Waals surface area contributed by atoms with Crippen LogP contribution in [0.1, 0.15) is 24.1 Å². The highest BCUT2D eigenvalue weighted by atomic mass is 35.5. The fourth-order valence-electron chi connectivity index (χ4n) is 3.04. The molecule has 2 aromatic rings. The molecule has 27 heavy (non-hydrogen) atoms. The Kier molecular flexibility index (Phi) is 6.01. The van der Waals surface area contributed by atoms with Crippen LogP contribution in [-0.2, 0) is 20.7 Å². The zero-order chi connectivity index (χ0) is 19.4. The summed E-state index contributed by atoms with van der Waals surface area (Å²) >= 11 is 6.00. The van der Waals surface area contributed by atoms with Gasteiger partial charge in [-0.2, -0.15) is 0 Å². The number of carbonyl (C=O) groups excluding carboxylic acids is 2. The van der Waals surface area contributed by atoms with Crippen LogP contribution in [0.25, 0.3) is 0 Å². The Morgan fingerprint density at radius 2 is 2.00 bits per heavy atom. The van der Waals surface area contributed by atoms with E-state index in [-0.39, 0.29) is 25.2 Å². The predicted octanol–water partition coefficient (Wildman–Crippen LogP) is 3.65. The Balaban J connectivity index is 1.53. The van der Waals surface area contributed by atoms with E-state index in [1.54, 1.807) is 30.1 Å². The van der Waals surface area contributed by atoms with Crippen LogP contribution < -0.4 is 4.74 Å². The summed E-state index contributed by atoms with van der Waals surface area (Å²) in [6.07, 6.45) is 0.485. The second-order valence-electron chi connectivity index (χ2n) is 6.66. The number of rotatable bonds is 5. The number of ether oxygens (including phenoxy) is 2. The van der Waals surface area contributed by atoms with E-state index in [0.29, 0.717) is 11.4 Å². The largest absolute Gasteiger partial charge is 0.492 e. The van der Waals surface area contributed by atoms with Crippen LogP contribution in [0.2, 0.25) is 5.02 Å². The molecule has 0 bridgehead atoms. The lowest BCUT2D eigenvalue weighted by Crippen LogP contribution is -2.36. The molecule has 1 amide bonds. The highest BCUT2D eigenvalue weighted by molar-refractivity contribution is 6.30. The van der Waals surface area contributed by atoms with Gasteiger partial charge in [0.2, 0.25) is 0 Å². The van der Waals surface area contributed by atoms with Crippen molar-refractivity contribution < 1.29 is 19.1 Å². The molecule has 0 aliphatic carbocycles. The normalized spacial score (nSPS) is 16.6. The first-order chi connectivity index (χ1) is 13.0. The van der Waals surface area contributed by atoms with Crippen molar-refractivity contribution in [3.05, 3.63) is 64.7 Å². The monoisotopic (exact) mass is 387 g/mol. The maximum atomic E-state index is 12.4. The van der Waals surface area contributed by atoms with Crippen molar-refractivity contribution in [2.24, 2.45) is 5.92 Å². The van der Waals surface area contributed by atoms with Crippen LogP contribution in [0.15, 0.2) is 48.5 Å². The van der Waals surface area contributed by atoms with Crippen molar-refractivity contribution in [2.75, 3.05) is 20.3 Å². The van der Waals surface area contributed by atoms with E-state index in [4.69, 9.17) is 21.1 Å². The van der Waals surface area contributed by atoms with Gasteiger partial charge in [-0.15, -0.1) is 0 Å². The quantitative estimate of drug-likeness (QED) is 0.735. The number of nitrogens with zero attached hydrogens (tertiary/aromatic N) is 1. The molecule has 0 N–H and O–H groups in total. The lowest BCUT2D eigenvalue weighted by molar-refractivity contribution is -0.156. The molecule has 0 unspecified atom stereocenters. The van der Waals surface area contributed by atoms with E-state index < -0.39 is 11.9 Å². The molecule has 0 radical (unpaired) electrons. The number of likely N-dealkylation sites (N-methyl/N-ethyl adjacent to an activating group) is 1. The number of carbonyl (C=O) groups is 2. The Labute approximate surface area is 163 Å². The highest BCUT2D eigenvalue weighted by Gasteiger charge is 2.28. The van der Waals surface area contributed by atoms with Crippen molar-refractivity contribution in [3.8, 4) is 5.75 Å². The number of hydrogen-bond acceptors (Lipinski definition) is 4. The van der Waals surface area contributed by atoms with Gasteiger partial charge in [0.05, 0.1) is 12.0 Å². The molecule has 0 aromatic heterocycles. The van der Waals surface area contributed by atoms with Crippen molar-refractivity contribution in [1.82, 2.24) is 4.90 Å². The Morgan fingerprint density at radius 1 is 1.26 bits per heavy atom. The number of halogens is 1. The molecule has 2 aromatic carbocycles. The van der Waals surface area contributed by atoms with E-state index in [2.05, 4.69) is 0 Å². The average molecular weight is 388 g/mol. The smallest absolute Gasteiger partial charge is 0.313 e. The van der Waals surface area contributed by atoms with Gasteiger partial charge in [0.25, 0.3) is 5.91 Å². The molecule has 0 spiro atoms. The molecule has 6 heteroatoms. The van der Waals surface area contributed by atoms with Crippen molar-refractivity contribution >= 4 is 23.5 Å². The maximum absolute atomic E-state index is 12.4. The summed E-state index contributed by atoms with van der Waals surface area (Å²) in [6, 6.07) is 14.9. The summed E-state index contributed by atoms with van der Waals surface area (Å²) in [5.74, 6) is -0.397. The third-order valence-corrected chi connectivity index (χ3v) is 5.09. The van der Waals surface area contributed by atoms with Gasteiger partial charge >= 0.3 is 5.97 Å². The van der Waals surface area contributed by atoms with E-state index >= 15 is 0 Å². The Bertz CT molecular complexity index is 824. The van der Waals surface area contributed by atoms with Gasteiger partial charge in [-0.3, -0.25) is 9.59 Å². The van der Waals surface area contributed by atoms with Crippen LogP contribution >= 0.6 is 11.6 Å². The molecular weight excluding hydrogens is 366 g/mol. The molecule has 142 valence electrons. The molecular formula is C21H22ClNO4. The minimum absolute atomic E-state index is 0.107. The fraction of sp³-hybridized carbons (Fsp3) is 0.333. The van der Waals surface area contributed by atoms with Gasteiger partial charge in [0.1, 0.15) is 12.4 Å². The molecule has 1 aliphatic rings. The van der Waals surface area contributed by atoms with Gasteiger partial charge in [0, 0.05) is 12.1 Å². The van der Waals surface area contributed by atoms with Crippen molar-refractivity contribution in [1.29, 1.82) is 0 Å². The second kappa shape index (κ2) is 8.44. The number of hydrogen-bond donors (Lipinski definition) is 0. The summed E-state index contributed by atoms with van der Waals surface area (Å²) in [5, 5.41) is 0.595. The topological polar surface area (TPSA) is 55.8 Å². The minimum Gasteiger partial charge on any atom is -0.492 e. The van der Waals surface area contributed by atoms with Crippen LogP contribution in [0, 0.1) is 5.92 Å². The van der Waals surface area contributed by atoms with Crippen LogP contribution in [0.5, 0.6) is 5.75 Å². The summed E-state index contributed by atoms with van der Waals surface area (Å²) in [5.41, 5.74) is 1.89. The molecule has 0 saturated carbocycles. The fourth-order valence-corrected chi connectivity index (χ4v) is 3.23. The van der Waals surface area contributed by atoms with Gasteiger partial charge in [-0.1, -0.05) is 41.9 Å². The SMILES string of the molecule is C[C@@H](c1ccccc1)N(C)C(=O)COC(=O)[C@@H]1COc2ccc(Cl)cc2C1. The summed E-state index contributed by atoms with van der Waals surface area (Å²) in [4.78, 5) is 26.3. The van der Waals surface area contributed by atoms with Crippen LogP contribution in [0.3, 0.4) is 0 Å². The average Bonchev–Trinajstić information content (AvgIpc) is 2.70. The second-order valence-corrected chi connectivity index (χ2v) is 7.10. The number of esters is 1. The van der Waals surface area contributed by atoms with Gasteiger partial charge in [-0.25, -0.2) is 0 Å². The highest BCUT2D eigenvalue weighted by Crippen LogP contribution is 2.30. The molecule has 0 fully saturated rings. The summed E-state index contributed by atoms with van der Waals surface area (Å²) < 4.78 is 10.9. The third-order valence-electron chi connectivity index (χ3n) is 4.86. The predicted molar refractivity (Wildman–Crippen MR) is 103 cm³/mol. The number of amides is 1. The lowest BCUT2D eigenvalue weighted by atomic mass is 9.97. The molecule has 3 rings (SSSR count). The molecule has 1 heterocycles. The Hall–Kier alpha value is -2.53. The zero-order valence-corrected chi connectivity index (χ0v) is 16.1. The van der Waals surface area contributed by atoms with E-state index in [1.807, 2.05) is 37.3 Å². The van der Waals surface area contributed by atoms with E-state index in [9.17, 15) is 9.59 Å². The minimum atomic E-state index is -0.444. The van der Waals surface area contributed by atoms with Crippen molar-refractivity contribution in [2.45, 2.75) is 19.4 Å². The molecule has 5 nitrogen and oxygen atoms in total.